The second-order valence-corrected chi connectivity index (χ2v) is 6.56. The Balaban J connectivity index is 1.75. The Kier molecular flexibility index (Phi) is 5.14. The summed E-state index contributed by atoms with van der Waals surface area (Å²) < 4.78 is 0. The highest BCUT2D eigenvalue weighted by Gasteiger charge is 2.39. The van der Waals surface area contributed by atoms with E-state index in [2.05, 4.69) is 22.1 Å². The Hall–Kier alpha value is -1.95. The molecule has 24 heavy (non-hydrogen) atoms. The summed E-state index contributed by atoms with van der Waals surface area (Å²) in [5.74, 6) is -0.200. The van der Waals surface area contributed by atoms with Gasteiger partial charge in [0.2, 0.25) is 0 Å². The van der Waals surface area contributed by atoms with E-state index in [1.54, 1.807) is 19.2 Å². The summed E-state index contributed by atoms with van der Waals surface area (Å²) in [4.78, 5) is 33.1. The molecule has 1 N–H and O–H groups in total. The van der Waals surface area contributed by atoms with Crippen molar-refractivity contribution in [3.05, 3.63) is 29.6 Å². The van der Waals surface area contributed by atoms with Gasteiger partial charge in [-0.3, -0.25) is 19.5 Å². The minimum absolute atomic E-state index is 0.0383. The van der Waals surface area contributed by atoms with Crippen molar-refractivity contribution < 1.29 is 9.59 Å². The van der Waals surface area contributed by atoms with E-state index in [9.17, 15) is 9.59 Å². The Labute approximate surface area is 143 Å². The maximum Gasteiger partial charge on any atom is 0.269 e. The molecular formula is C18H26N4O2. The highest BCUT2D eigenvalue weighted by Crippen LogP contribution is 2.30. The van der Waals surface area contributed by atoms with Gasteiger partial charge >= 0.3 is 0 Å². The number of aromatic nitrogens is 1. The standard InChI is InChI=1S/C18H26N4O2/c1-3-21-10-4-6-15(21)16-7-5-11-22(16)18(24)13-8-9-14(20-12-13)17(23)19-2/h8-9,12,15-16H,3-7,10-11H2,1-2H3,(H,19,23)/t15-,16+/m1/s1. The molecule has 0 radical (unpaired) electrons. The molecule has 2 saturated heterocycles. The first kappa shape index (κ1) is 16.9. The average molecular weight is 330 g/mol. The second kappa shape index (κ2) is 7.30. The van der Waals surface area contributed by atoms with E-state index >= 15 is 0 Å². The first-order valence-corrected chi connectivity index (χ1v) is 8.89. The molecule has 1 aromatic heterocycles. The summed E-state index contributed by atoms with van der Waals surface area (Å²) in [5, 5.41) is 2.54. The van der Waals surface area contributed by atoms with Crippen molar-refractivity contribution in [1.29, 1.82) is 0 Å². The Morgan fingerprint density at radius 3 is 2.62 bits per heavy atom. The molecule has 2 aliphatic rings. The summed E-state index contributed by atoms with van der Waals surface area (Å²) in [6.45, 7) is 5.20. The summed E-state index contributed by atoms with van der Waals surface area (Å²) in [6.07, 6.45) is 6.06. The molecule has 3 heterocycles. The maximum absolute atomic E-state index is 12.9. The van der Waals surface area contributed by atoms with Crippen LogP contribution in [-0.4, -0.2) is 65.4 Å². The lowest BCUT2D eigenvalue weighted by Crippen LogP contribution is -2.48. The van der Waals surface area contributed by atoms with Gasteiger partial charge in [0.15, 0.2) is 0 Å². The zero-order valence-corrected chi connectivity index (χ0v) is 14.5. The molecule has 0 spiro atoms. The fraction of sp³-hybridized carbons (Fsp3) is 0.611. The number of hydrogen-bond donors (Lipinski definition) is 1. The minimum atomic E-state index is -0.238. The summed E-state index contributed by atoms with van der Waals surface area (Å²) in [7, 11) is 1.57. The number of amides is 2. The van der Waals surface area contributed by atoms with E-state index in [1.165, 1.54) is 19.0 Å². The molecule has 0 bridgehead atoms. The van der Waals surface area contributed by atoms with Crippen LogP contribution in [0, 0.1) is 0 Å². The van der Waals surface area contributed by atoms with Crippen LogP contribution in [0.5, 0.6) is 0 Å². The highest BCUT2D eigenvalue weighted by atomic mass is 16.2. The molecular weight excluding hydrogens is 304 g/mol. The molecule has 0 aliphatic carbocycles. The van der Waals surface area contributed by atoms with E-state index in [-0.39, 0.29) is 11.8 Å². The van der Waals surface area contributed by atoms with Gasteiger partial charge in [-0.2, -0.15) is 0 Å². The number of carbonyl (C=O) groups excluding carboxylic acids is 2. The number of pyridine rings is 1. The Bertz CT molecular complexity index is 602. The largest absolute Gasteiger partial charge is 0.354 e. The van der Waals surface area contributed by atoms with Crippen LogP contribution in [0.4, 0.5) is 0 Å². The molecule has 1 aromatic rings. The summed E-state index contributed by atoms with van der Waals surface area (Å²) >= 11 is 0. The van der Waals surface area contributed by atoms with Gasteiger partial charge in [-0.05, 0) is 50.9 Å². The quantitative estimate of drug-likeness (QED) is 0.909. The highest BCUT2D eigenvalue weighted by molar-refractivity contribution is 5.96. The van der Waals surface area contributed by atoms with Crippen molar-refractivity contribution in [2.75, 3.05) is 26.7 Å². The van der Waals surface area contributed by atoms with Crippen molar-refractivity contribution in [3.8, 4) is 0 Å². The molecule has 0 unspecified atom stereocenters. The lowest BCUT2D eigenvalue weighted by atomic mass is 10.0. The monoisotopic (exact) mass is 330 g/mol. The molecule has 0 saturated carbocycles. The predicted molar refractivity (Wildman–Crippen MR) is 92.0 cm³/mol. The minimum Gasteiger partial charge on any atom is -0.354 e. The number of rotatable bonds is 4. The van der Waals surface area contributed by atoms with Gasteiger partial charge in [-0.15, -0.1) is 0 Å². The maximum atomic E-state index is 12.9. The number of likely N-dealkylation sites (N-methyl/N-ethyl adjacent to an activating group) is 1. The van der Waals surface area contributed by atoms with E-state index in [4.69, 9.17) is 0 Å². The fourth-order valence-corrected chi connectivity index (χ4v) is 4.07. The van der Waals surface area contributed by atoms with Gasteiger partial charge in [0, 0.05) is 31.9 Å². The number of nitrogens with one attached hydrogen (secondary N) is 1. The molecule has 0 aromatic carbocycles. The van der Waals surface area contributed by atoms with Crippen LogP contribution in [0.2, 0.25) is 0 Å². The molecule has 2 atom stereocenters. The van der Waals surface area contributed by atoms with Crippen LogP contribution in [0.1, 0.15) is 53.5 Å². The number of likely N-dealkylation sites (tertiary alicyclic amines) is 2. The van der Waals surface area contributed by atoms with E-state index < -0.39 is 0 Å². The van der Waals surface area contributed by atoms with Gasteiger partial charge in [-0.25, -0.2) is 0 Å². The second-order valence-electron chi connectivity index (χ2n) is 6.56. The summed E-state index contributed by atoms with van der Waals surface area (Å²) in [6, 6.07) is 4.12. The SMILES string of the molecule is CCN1CCC[C@@H]1[C@@H]1CCCN1C(=O)c1ccc(C(=O)NC)nc1. The average Bonchev–Trinajstić information content (AvgIpc) is 3.28. The van der Waals surface area contributed by atoms with Crippen molar-refractivity contribution in [2.24, 2.45) is 0 Å². The molecule has 2 amide bonds. The normalized spacial score (nSPS) is 24.3. The van der Waals surface area contributed by atoms with E-state index in [0.717, 1.165) is 32.5 Å². The van der Waals surface area contributed by atoms with Gasteiger partial charge in [-0.1, -0.05) is 6.92 Å². The fourth-order valence-electron chi connectivity index (χ4n) is 4.07. The molecule has 2 fully saturated rings. The molecule has 6 nitrogen and oxygen atoms in total. The van der Waals surface area contributed by atoms with Crippen LogP contribution >= 0.6 is 0 Å². The van der Waals surface area contributed by atoms with E-state index in [0.29, 0.717) is 23.3 Å². The van der Waals surface area contributed by atoms with Crippen molar-refractivity contribution >= 4 is 11.8 Å². The first-order chi connectivity index (χ1) is 11.7. The van der Waals surface area contributed by atoms with Crippen molar-refractivity contribution in [1.82, 2.24) is 20.1 Å². The van der Waals surface area contributed by atoms with Crippen molar-refractivity contribution in [3.63, 3.8) is 0 Å². The van der Waals surface area contributed by atoms with Gasteiger partial charge in [0.1, 0.15) is 5.69 Å². The predicted octanol–water partition coefficient (Wildman–Crippen LogP) is 1.53. The van der Waals surface area contributed by atoms with Gasteiger partial charge in [0.25, 0.3) is 11.8 Å². The first-order valence-electron chi connectivity index (χ1n) is 8.89. The van der Waals surface area contributed by atoms with Crippen LogP contribution < -0.4 is 5.32 Å². The van der Waals surface area contributed by atoms with Crippen LogP contribution in [-0.2, 0) is 0 Å². The van der Waals surface area contributed by atoms with Gasteiger partial charge in [0.05, 0.1) is 5.56 Å². The number of carbonyl (C=O) groups is 2. The Morgan fingerprint density at radius 1 is 1.21 bits per heavy atom. The molecule has 3 rings (SSSR count). The zero-order chi connectivity index (χ0) is 17.1. The molecule has 6 heteroatoms. The van der Waals surface area contributed by atoms with Crippen LogP contribution in [0.15, 0.2) is 18.3 Å². The van der Waals surface area contributed by atoms with Gasteiger partial charge < -0.3 is 10.2 Å². The van der Waals surface area contributed by atoms with Crippen LogP contribution in [0.3, 0.4) is 0 Å². The number of hydrogen-bond acceptors (Lipinski definition) is 4. The third kappa shape index (κ3) is 3.15. The summed E-state index contributed by atoms with van der Waals surface area (Å²) in [5.41, 5.74) is 0.899. The zero-order valence-electron chi connectivity index (χ0n) is 14.5. The number of nitrogens with zero attached hydrogens (tertiary/aromatic N) is 3. The lowest BCUT2D eigenvalue weighted by molar-refractivity contribution is 0.0649. The molecule has 130 valence electrons. The smallest absolute Gasteiger partial charge is 0.269 e. The lowest BCUT2D eigenvalue weighted by Gasteiger charge is -2.34. The van der Waals surface area contributed by atoms with Crippen molar-refractivity contribution in [2.45, 2.75) is 44.7 Å². The third-order valence-corrected chi connectivity index (χ3v) is 5.29. The topological polar surface area (TPSA) is 65.5 Å². The Morgan fingerprint density at radius 2 is 1.96 bits per heavy atom. The van der Waals surface area contributed by atoms with E-state index in [1.807, 2.05) is 4.90 Å². The third-order valence-electron chi connectivity index (χ3n) is 5.29. The molecule has 2 aliphatic heterocycles. The van der Waals surface area contributed by atoms with Crippen LogP contribution in [0.25, 0.3) is 0 Å².